The van der Waals surface area contributed by atoms with Crippen LogP contribution in [-0.4, -0.2) is 55.2 Å². The zero-order valence-electron chi connectivity index (χ0n) is 14.8. The van der Waals surface area contributed by atoms with E-state index in [1.165, 1.54) is 11.2 Å². The summed E-state index contributed by atoms with van der Waals surface area (Å²) in [6.07, 6.45) is -0.403. The van der Waals surface area contributed by atoms with Gasteiger partial charge in [-0.25, -0.2) is 9.80 Å². The Hall–Kier alpha value is -3.56. The largest absolute Gasteiger partial charge is 0.479 e. The van der Waals surface area contributed by atoms with Gasteiger partial charge in [-0.1, -0.05) is 59.8 Å². The molecule has 0 aliphatic heterocycles. The van der Waals surface area contributed by atoms with E-state index in [1.807, 2.05) is 54.6 Å². The zero-order chi connectivity index (χ0) is 19.9. The molecule has 0 unspecified atom stereocenters. The fourth-order valence-corrected chi connectivity index (χ4v) is 2.60. The molecule has 9 heteroatoms. The highest BCUT2D eigenvalue weighted by Crippen LogP contribution is 2.19. The van der Waals surface area contributed by atoms with Crippen molar-refractivity contribution in [2.75, 3.05) is 6.54 Å². The second-order valence-corrected chi connectivity index (χ2v) is 6.11. The molecule has 0 aliphatic carbocycles. The lowest BCUT2D eigenvalue weighted by Gasteiger charge is -2.24. The van der Waals surface area contributed by atoms with Crippen molar-refractivity contribution in [3.05, 3.63) is 72.1 Å². The van der Waals surface area contributed by atoms with Crippen molar-refractivity contribution >= 4 is 11.9 Å². The minimum atomic E-state index is -1.65. The number of aromatic nitrogens is 3. The lowest BCUT2D eigenvalue weighted by atomic mass is 10.0. The summed E-state index contributed by atoms with van der Waals surface area (Å²) in [4.78, 5) is 23.2. The van der Waals surface area contributed by atoms with Crippen LogP contribution in [0.15, 0.2) is 60.8 Å². The van der Waals surface area contributed by atoms with Gasteiger partial charge < -0.3 is 10.2 Å². The molecule has 0 radical (unpaired) electrons. The molecular weight excluding hydrogens is 362 g/mol. The van der Waals surface area contributed by atoms with Crippen molar-refractivity contribution in [2.45, 2.75) is 12.6 Å². The minimum Gasteiger partial charge on any atom is -0.479 e. The van der Waals surface area contributed by atoms with E-state index in [0.717, 1.165) is 16.7 Å². The van der Waals surface area contributed by atoms with E-state index in [4.69, 9.17) is 5.11 Å². The van der Waals surface area contributed by atoms with E-state index in [-0.39, 0.29) is 18.8 Å². The Balaban J connectivity index is 1.72. The number of aliphatic carboxylic acids is 1. The molecule has 3 rings (SSSR count). The number of hydrogen-bond donors (Lipinski definition) is 4. The number of H-pyrrole nitrogens is 1. The van der Waals surface area contributed by atoms with Crippen molar-refractivity contribution in [2.24, 2.45) is 0 Å². The van der Waals surface area contributed by atoms with E-state index in [1.54, 1.807) is 0 Å². The van der Waals surface area contributed by atoms with Crippen LogP contribution >= 0.6 is 0 Å². The highest BCUT2D eigenvalue weighted by atomic mass is 16.4. The number of aliphatic hydroxyl groups excluding tert-OH is 1. The minimum absolute atomic E-state index is 0.120. The normalized spacial score (nSPS) is 11.9. The number of carbonyl (C=O) groups excluding carboxylic acids is 1. The Morgan fingerprint density at radius 2 is 1.75 bits per heavy atom. The van der Waals surface area contributed by atoms with Gasteiger partial charge in [-0.05, 0) is 16.7 Å². The fraction of sp³-hybridized carbons (Fsp3) is 0.158. The third-order valence-electron chi connectivity index (χ3n) is 4.03. The van der Waals surface area contributed by atoms with E-state index >= 15 is 0 Å². The number of amides is 1. The Morgan fingerprint density at radius 3 is 2.36 bits per heavy atom. The second kappa shape index (κ2) is 8.89. The molecule has 0 aliphatic rings. The molecule has 0 saturated carbocycles. The van der Waals surface area contributed by atoms with Gasteiger partial charge in [0, 0.05) is 6.54 Å². The number of carboxylic acids is 1. The summed E-state index contributed by atoms with van der Waals surface area (Å²) in [7, 11) is 0. The van der Waals surface area contributed by atoms with Crippen LogP contribution in [0, 0.1) is 0 Å². The summed E-state index contributed by atoms with van der Waals surface area (Å²) >= 11 is 0. The monoisotopic (exact) mass is 381 g/mol. The first-order valence-electron chi connectivity index (χ1n) is 8.50. The Morgan fingerprint density at radius 1 is 1.07 bits per heavy atom. The van der Waals surface area contributed by atoms with Gasteiger partial charge in [-0.2, -0.15) is 0 Å². The van der Waals surface area contributed by atoms with Crippen LogP contribution < -0.4 is 5.43 Å². The predicted octanol–water partition coefficient (Wildman–Crippen LogP) is 1.06. The quantitative estimate of drug-likeness (QED) is 0.429. The molecule has 1 heterocycles. The third-order valence-corrected chi connectivity index (χ3v) is 4.03. The smallest absolute Gasteiger partial charge is 0.333 e. The highest BCUT2D eigenvalue weighted by Gasteiger charge is 2.21. The van der Waals surface area contributed by atoms with Crippen molar-refractivity contribution in [3.8, 4) is 11.1 Å². The maximum atomic E-state index is 12.2. The molecule has 144 valence electrons. The van der Waals surface area contributed by atoms with Gasteiger partial charge in [0.2, 0.25) is 0 Å². The van der Waals surface area contributed by atoms with Gasteiger partial charge in [0.15, 0.2) is 6.10 Å². The average molecular weight is 381 g/mol. The Bertz CT molecular complexity index is 913. The molecule has 28 heavy (non-hydrogen) atoms. The summed E-state index contributed by atoms with van der Waals surface area (Å²) in [5.41, 5.74) is 5.63. The molecule has 9 nitrogen and oxygen atoms in total. The molecule has 0 fully saturated rings. The maximum absolute atomic E-state index is 12.2. The van der Waals surface area contributed by atoms with Crippen LogP contribution in [0.4, 0.5) is 0 Å². The summed E-state index contributed by atoms with van der Waals surface area (Å²) < 4.78 is 0. The van der Waals surface area contributed by atoms with Gasteiger partial charge in [0.05, 0.1) is 12.7 Å². The van der Waals surface area contributed by atoms with Gasteiger partial charge in [-0.3, -0.25) is 15.3 Å². The maximum Gasteiger partial charge on any atom is 0.333 e. The van der Waals surface area contributed by atoms with E-state index in [2.05, 4.69) is 20.8 Å². The van der Waals surface area contributed by atoms with Crippen LogP contribution in [0.25, 0.3) is 11.1 Å². The molecule has 0 spiro atoms. The van der Waals surface area contributed by atoms with Crippen LogP contribution in [0.2, 0.25) is 0 Å². The second-order valence-electron chi connectivity index (χ2n) is 6.11. The van der Waals surface area contributed by atoms with E-state index in [9.17, 15) is 14.7 Å². The molecule has 2 aromatic carbocycles. The Kier molecular flexibility index (Phi) is 6.10. The lowest BCUT2D eigenvalue weighted by molar-refractivity contribution is -0.148. The SMILES string of the molecule is O=C(NN(Cc1ccc(-c2ccccc2)cc1)C[C@@H](O)C(=O)O)c1cnn[nH]1. The molecule has 0 saturated heterocycles. The topological polar surface area (TPSA) is 131 Å². The predicted molar refractivity (Wildman–Crippen MR) is 99.8 cm³/mol. The number of nitrogens with zero attached hydrogens (tertiary/aromatic N) is 3. The molecule has 3 aromatic rings. The van der Waals surface area contributed by atoms with Gasteiger partial charge in [0.1, 0.15) is 5.69 Å². The summed E-state index contributed by atoms with van der Waals surface area (Å²) in [5, 5.41) is 29.4. The Labute approximate surface area is 160 Å². The number of aliphatic hydroxyl groups is 1. The summed E-state index contributed by atoms with van der Waals surface area (Å²) in [6.45, 7) is -0.0875. The van der Waals surface area contributed by atoms with Crippen LogP contribution in [0.5, 0.6) is 0 Å². The fourth-order valence-electron chi connectivity index (χ4n) is 2.60. The van der Waals surface area contributed by atoms with E-state index < -0.39 is 18.0 Å². The van der Waals surface area contributed by atoms with E-state index in [0.29, 0.717) is 0 Å². The average Bonchev–Trinajstić information content (AvgIpc) is 3.24. The summed E-state index contributed by atoms with van der Waals surface area (Å²) in [5.74, 6) is -1.91. The number of carbonyl (C=O) groups is 2. The summed E-state index contributed by atoms with van der Waals surface area (Å²) in [6, 6.07) is 17.5. The van der Waals surface area contributed by atoms with Gasteiger partial charge in [-0.15, -0.1) is 5.10 Å². The van der Waals surface area contributed by atoms with Crippen LogP contribution in [0.3, 0.4) is 0 Å². The zero-order valence-corrected chi connectivity index (χ0v) is 14.8. The van der Waals surface area contributed by atoms with Crippen molar-refractivity contribution in [1.82, 2.24) is 25.8 Å². The van der Waals surface area contributed by atoms with Gasteiger partial charge >= 0.3 is 5.97 Å². The van der Waals surface area contributed by atoms with Crippen molar-refractivity contribution in [3.63, 3.8) is 0 Å². The van der Waals surface area contributed by atoms with Crippen LogP contribution in [0.1, 0.15) is 16.1 Å². The van der Waals surface area contributed by atoms with Crippen molar-refractivity contribution < 1.29 is 19.8 Å². The number of hydrazine groups is 1. The molecule has 1 amide bonds. The number of rotatable bonds is 8. The number of aromatic amines is 1. The molecule has 0 bridgehead atoms. The first-order valence-corrected chi connectivity index (χ1v) is 8.50. The lowest BCUT2D eigenvalue weighted by Crippen LogP contribution is -2.47. The van der Waals surface area contributed by atoms with Crippen LogP contribution in [-0.2, 0) is 11.3 Å². The number of nitrogens with one attached hydrogen (secondary N) is 2. The molecular formula is C19H19N5O4. The van der Waals surface area contributed by atoms with Gasteiger partial charge in [0.25, 0.3) is 5.91 Å². The third kappa shape index (κ3) is 5.00. The first kappa shape index (κ1) is 19.2. The molecule has 4 N–H and O–H groups in total. The first-order chi connectivity index (χ1) is 13.5. The molecule has 1 atom stereocenters. The highest BCUT2D eigenvalue weighted by molar-refractivity contribution is 5.91. The number of carboxylic acid groups (broad SMARTS) is 1. The molecule has 1 aromatic heterocycles. The standard InChI is InChI=1S/C19H19N5O4/c25-17(19(27)28)12-24(22-18(26)16-10-20-23-21-16)11-13-6-8-15(9-7-13)14-4-2-1-3-5-14/h1-10,17,25H,11-12H2,(H,22,26)(H,27,28)(H,20,21,23)/t17-/m1/s1. The number of benzene rings is 2. The number of hydrogen-bond acceptors (Lipinski definition) is 6. The van der Waals surface area contributed by atoms with Crippen molar-refractivity contribution in [1.29, 1.82) is 0 Å².